The number of pyridine rings is 1. The van der Waals surface area contributed by atoms with Crippen molar-refractivity contribution < 1.29 is 19.0 Å². The first-order chi connectivity index (χ1) is 17.9. The summed E-state index contributed by atoms with van der Waals surface area (Å²) in [5, 5.41) is 13.4. The SMILES string of the molecule is COCOc1cc(Cl)ccc1-c1cc(-c2cccc(N)c2)c(C#N)c(NC(=O)c2ccc(OC)cc2)n1. The number of aromatic nitrogens is 1. The Hall–Kier alpha value is -4.58. The number of nitrogens with zero attached hydrogens (tertiary/aromatic N) is 2. The summed E-state index contributed by atoms with van der Waals surface area (Å²) in [6.07, 6.45) is 0. The lowest BCUT2D eigenvalue weighted by Gasteiger charge is -2.16. The van der Waals surface area contributed by atoms with Crippen molar-refractivity contribution in [2.75, 3.05) is 32.1 Å². The van der Waals surface area contributed by atoms with Crippen LogP contribution in [0.25, 0.3) is 22.4 Å². The number of nitrogens with one attached hydrogen (secondary N) is 1. The summed E-state index contributed by atoms with van der Waals surface area (Å²) >= 11 is 6.20. The molecule has 1 heterocycles. The average molecular weight is 515 g/mol. The van der Waals surface area contributed by atoms with E-state index in [2.05, 4.69) is 16.4 Å². The Kier molecular flexibility index (Phi) is 7.89. The van der Waals surface area contributed by atoms with Gasteiger partial charge in [0.05, 0.1) is 12.8 Å². The number of halogens is 1. The number of nitriles is 1. The van der Waals surface area contributed by atoms with Gasteiger partial charge in [0.15, 0.2) is 12.6 Å². The molecule has 4 aromatic rings. The molecule has 186 valence electrons. The molecule has 0 aliphatic heterocycles. The van der Waals surface area contributed by atoms with E-state index >= 15 is 0 Å². The number of benzene rings is 3. The third-order valence-corrected chi connectivity index (χ3v) is 5.70. The Labute approximate surface area is 219 Å². The number of methoxy groups -OCH3 is 2. The zero-order chi connectivity index (χ0) is 26.4. The van der Waals surface area contributed by atoms with E-state index in [1.807, 2.05) is 6.07 Å². The lowest BCUT2D eigenvalue weighted by Crippen LogP contribution is -2.15. The van der Waals surface area contributed by atoms with Crippen molar-refractivity contribution in [3.8, 4) is 40.0 Å². The minimum Gasteiger partial charge on any atom is -0.497 e. The summed E-state index contributed by atoms with van der Waals surface area (Å²) in [6, 6.07) is 22.7. The Morgan fingerprint density at radius 1 is 1.05 bits per heavy atom. The predicted molar refractivity (Wildman–Crippen MR) is 143 cm³/mol. The molecular weight excluding hydrogens is 492 g/mol. The summed E-state index contributed by atoms with van der Waals surface area (Å²) in [7, 11) is 3.05. The van der Waals surface area contributed by atoms with E-state index in [9.17, 15) is 10.1 Å². The van der Waals surface area contributed by atoms with E-state index in [1.165, 1.54) is 7.11 Å². The van der Waals surface area contributed by atoms with E-state index in [1.54, 1.807) is 73.8 Å². The predicted octanol–water partition coefficient (Wildman–Crippen LogP) is 5.77. The van der Waals surface area contributed by atoms with Gasteiger partial charge in [-0.05, 0) is 66.2 Å². The molecule has 1 amide bonds. The molecule has 37 heavy (non-hydrogen) atoms. The van der Waals surface area contributed by atoms with E-state index in [4.69, 9.17) is 31.5 Å². The first-order valence-electron chi connectivity index (χ1n) is 11.1. The van der Waals surface area contributed by atoms with Crippen LogP contribution in [0.2, 0.25) is 5.02 Å². The maximum atomic E-state index is 13.1. The van der Waals surface area contributed by atoms with Crippen LogP contribution in [0.5, 0.6) is 11.5 Å². The first kappa shape index (κ1) is 25.5. The van der Waals surface area contributed by atoms with Crippen LogP contribution in [0.4, 0.5) is 11.5 Å². The fraction of sp³-hybridized carbons (Fsp3) is 0.107. The van der Waals surface area contributed by atoms with Gasteiger partial charge >= 0.3 is 0 Å². The van der Waals surface area contributed by atoms with E-state index in [0.717, 1.165) is 0 Å². The molecule has 1 aromatic heterocycles. The largest absolute Gasteiger partial charge is 0.497 e. The molecule has 0 radical (unpaired) electrons. The maximum absolute atomic E-state index is 13.1. The van der Waals surface area contributed by atoms with Crippen LogP contribution in [-0.2, 0) is 4.74 Å². The molecule has 9 heteroatoms. The number of anilines is 2. The van der Waals surface area contributed by atoms with E-state index in [0.29, 0.717) is 50.2 Å². The van der Waals surface area contributed by atoms with Crippen LogP contribution in [-0.4, -0.2) is 31.9 Å². The van der Waals surface area contributed by atoms with Crippen molar-refractivity contribution in [1.29, 1.82) is 5.26 Å². The molecule has 3 N–H and O–H groups in total. The molecular formula is C28H23ClN4O4. The van der Waals surface area contributed by atoms with Gasteiger partial charge in [-0.3, -0.25) is 4.79 Å². The summed E-state index contributed by atoms with van der Waals surface area (Å²) in [4.78, 5) is 17.8. The summed E-state index contributed by atoms with van der Waals surface area (Å²) in [6.45, 7) is -0.00718. The van der Waals surface area contributed by atoms with Crippen LogP contribution in [0.3, 0.4) is 0 Å². The zero-order valence-electron chi connectivity index (χ0n) is 20.1. The van der Waals surface area contributed by atoms with Crippen LogP contribution >= 0.6 is 11.6 Å². The fourth-order valence-corrected chi connectivity index (χ4v) is 3.85. The van der Waals surface area contributed by atoms with Crippen LogP contribution in [0, 0.1) is 11.3 Å². The van der Waals surface area contributed by atoms with Gasteiger partial charge in [0.2, 0.25) is 0 Å². The molecule has 0 aliphatic carbocycles. The number of amides is 1. The summed E-state index contributed by atoms with van der Waals surface area (Å²) in [5.41, 5.74) is 9.38. The van der Waals surface area contributed by atoms with Crippen molar-refractivity contribution in [2.45, 2.75) is 0 Å². The average Bonchev–Trinajstić information content (AvgIpc) is 2.91. The first-order valence-corrected chi connectivity index (χ1v) is 11.5. The minimum absolute atomic E-state index is 0.00718. The lowest BCUT2D eigenvalue weighted by atomic mass is 9.97. The van der Waals surface area contributed by atoms with Gasteiger partial charge in [-0.2, -0.15) is 5.26 Å². The highest BCUT2D eigenvalue weighted by molar-refractivity contribution is 6.30. The number of carbonyl (C=O) groups is 1. The van der Waals surface area contributed by atoms with Crippen LogP contribution in [0.1, 0.15) is 15.9 Å². The standard InChI is InChI=1S/C28H23ClN4O4/c1-35-16-37-26-13-19(29)8-11-22(26)25-14-23(18-4-3-5-20(31)12-18)24(15-30)27(32-25)33-28(34)17-6-9-21(36-2)10-7-17/h3-14H,16,31H2,1-2H3,(H,32,33,34). The molecule has 0 aliphatic rings. The summed E-state index contributed by atoms with van der Waals surface area (Å²) in [5.74, 6) is 0.697. The van der Waals surface area contributed by atoms with Gasteiger partial charge in [0, 0.05) is 34.5 Å². The molecule has 0 saturated carbocycles. The number of ether oxygens (including phenoxy) is 3. The molecule has 0 fully saturated rings. The topological polar surface area (TPSA) is 119 Å². The van der Waals surface area contributed by atoms with Crippen molar-refractivity contribution in [1.82, 2.24) is 4.98 Å². The second-order valence-corrected chi connectivity index (χ2v) is 8.33. The molecule has 0 bridgehead atoms. The van der Waals surface area contributed by atoms with Crippen molar-refractivity contribution in [3.63, 3.8) is 0 Å². The third-order valence-electron chi connectivity index (χ3n) is 5.46. The number of hydrogen-bond donors (Lipinski definition) is 2. The maximum Gasteiger partial charge on any atom is 0.256 e. The van der Waals surface area contributed by atoms with Gasteiger partial charge in [-0.15, -0.1) is 0 Å². The molecule has 0 saturated heterocycles. The van der Waals surface area contributed by atoms with Crippen molar-refractivity contribution in [2.24, 2.45) is 0 Å². The van der Waals surface area contributed by atoms with Gasteiger partial charge in [0.25, 0.3) is 5.91 Å². The van der Waals surface area contributed by atoms with Crippen LogP contribution < -0.4 is 20.5 Å². The quantitative estimate of drug-likeness (QED) is 0.226. The Balaban J connectivity index is 1.88. The monoisotopic (exact) mass is 514 g/mol. The Morgan fingerprint density at radius 3 is 2.51 bits per heavy atom. The van der Waals surface area contributed by atoms with Gasteiger partial charge in [-0.1, -0.05) is 23.7 Å². The zero-order valence-corrected chi connectivity index (χ0v) is 20.9. The summed E-state index contributed by atoms with van der Waals surface area (Å²) < 4.78 is 15.9. The minimum atomic E-state index is -0.436. The lowest BCUT2D eigenvalue weighted by molar-refractivity contribution is 0.0515. The third kappa shape index (κ3) is 5.81. The molecule has 3 aromatic carbocycles. The molecule has 0 atom stereocenters. The molecule has 0 unspecified atom stereocenters. The van der Waals surface area contributed by atoms with Gasteiger partial charge in [0.1, 0.15) is 23.1 Å². The van der Waals surface area contributed by atoms with Gasteiger partial charge < -0.3 is 25.3 Å². The molecule has 8 nitrogen and oxygen atoms in total. The number of nitrogens with two attached hydrogens (primary N) is 1. The number of hydrogen-bond acceptors (Lipinski definition) is 7. The van der Waals surface area contributed by atoms with E-state index < -0.39 is 5.91 Å². The highest BCUT2D eigenvalue weighted by Crippen LogP contribution is 2.37. The molecule has 0 spiro atoms. The van der Waals surface area contributed by atoms with Crippen LogP contribution in [0.15, 0.2) is 72.8 Å². The Morgan fingerprint density at radius 2 is 1.84 bits per heavy atom. The fourth-order valence-electron chi connectivity index (χ4n) is 3.69. The smallest absolute Gasteiger partial charge is 0.256 e. The number of rotatable bonds is 8. The normalized spacial score (nSPS) is 10.4. The Bertz CT molecular complexity index is 1480. The second-order valence-electron chi connectivity index (χ2n) is 7.89. The van der Waals surface area contributed by atoms with Crippen molar-refractivity contribution in [3.05, 3.63) is 88.9 Å². The molecule has 4 rings (SSSR count). The van der Waals surface area contributed by atoms with Crippen molar-refractivity contribution >= 4 is 29.0 Å². The van der Waals surface area contributed by atoms with Gasteiger partial charge in [-0.25, -0.2) is 4.98 Å². The highest BCUT2D eigenvalue weighted by atomic mass is 35.5. The number of carbonyl (C=O) groups excluding carboxylic acids is 1. The highest BCUT2D eigenvalue weighted by Gasteiger charge is 2.20. The second kappa shape index (κ2) is 11.4. The van der Waals surface area contributed by atoms with E-state index in [-0.39, 0.29) is 18.2 Å². The number of nitrogen functional groups attached to an aromatic ring is 1.